The minimum Gasteiger partial charge on any atom is -0.494 e. The average molecular weight is 515 g/mol. The molecule has 2 aliphatic heterocycles. The summed E-state index contributed by atoms with van der Waals surface area (Å²) in [5.41, 5.74) is 12.0. The number of fused-ring (bicyclic) bond motifs is 1. The highest BCUT2D eigenvalue weighted by atomic mass is 16.5. The van der Waals surface area contributed by atoms with Crippen LogP contribution in [0.1, 0.15) is 21.7 Å². The summed E-state index contributed by atoms with van der Waals surface area (Å²) >= 11 is 0. The van der Waals surface area contributed by atoms with Crippen molar-refractivity contribution in [2.75, 3.05) is 33.3 Å². The molecule has 1 saturated heterocycles. The van der Waals surface area contributed by atoms with Gasteiger partial charge in [-0.1, -0.05) is 30.3 Å². The van der Waals surface area contributed by atoms with Crippen molar-refractivity contribution >= 4 is 28.3 Å². The van der Waals surface area contributed by atoms with Crippen molar-refractivity contribution < 1.29 is 14.3 Å². The molecule has 0 atom stereocenters. The number of benzene rings is 1. The number of pyridine rings is 1. The van der Waals surface area contributed by atoms with Crippen LogP contribution in [0.2, 0.25) is 0 Å². The number of aromatic nitrogens is 5. The van der Waals surface area contributed by atoms with Crippen molar-refractivity contribution in [3.63, 3.8) is 0 Å². The fourth-order valence-corrected chi connectivity index (χ4v) is 4.78. The average Bonchev–Trinajstić information content (AvgIpc) is 3.72. The van der Waals surface area contributed by atoms with Gasteiger partial charge in [0, 0.05) is 37.9 Å². The molecule has 38 heavy (non-hydrogen) atoms. The third kappa shape index (κ3) is 3.98. The highest BCUT2D eigenvalue weighted by Gasteiger charge is 2.32. The fourth-order valence-electron chi connectivity index (χ4n) is 4.78. The van der Waals surface area contributed by atoms with Crippen molar-refractivity contribution in [3.05, 3.63) is 71.8 Å². The minimum atomic E-state index is -0.610. The quantitative estimate of drug-likeness (QED) is 0.215. The number of hydrogen-bond acceptors (Lipinski definition) is 10. The van der Waals surface area contributed by atoms with Crippen LogP contribution in [0.25, 0.3) is 22.4 Å². The van der Waals surface area contributed by atoms with E-state index in [0.717, 1.165) is 17.1 Å². The highest BCUT2D eigenvalue weighted by molar-refractivity contribution is 6.45. The van der Waals surface area contributed by atoms with E-state index in [1.165, 1.54) is 24.2 Å². The van der Waals surface area contributed by atoms with E-state index in [1.807, 2.05) is 30.3 Å². The van der Waals surface area contributed by atoms with Gasteiger partial charge in [0.2, 0.25) is 0 Å². The molecule has 194 valence electrons. The van der Waals surface area contributed by atoms with E-state index in [-0.39, 0.29) is 5.56 Å². The Morgan fingerprint density at radius 3 is 2.53 bits per heavy atom. The van der Waals surface area contributed by atoms with E-state index < -0.39 is 11.7 Å². The summed E-state index contributed by atoms with van der Waals surface area (Å²) in [6.07, 6.45) is 4.58. The van der Waals surface area contributed by atoms with Gasteiger partial charge in [0.25, 0.3) is 11.7 Å². The first-order valence-corrected chi connectivity index (χ1v) is 12.1. The predicted octanol–water partition coefficient (Wildman–Crippen LogP) is 0.726. The minimum absolute atomic E-state index is 0.227. The van der Waals surface area contributed by atoms with Crippen LogP contribution in [0.5, 0.6) is 5.75 Å². The number of H-pyrrole nitrogens is 1. The maximum atomic E-state index is 13.4. The van der Waals surface area contributed by atoms with Gasteiger partial charge in [-0.3, -0.25) is 20.4 Å². The van der Waals surface area contributed by atoms with Crippen molar-refractivity contribution in [1.82, 2.24) is 50.9 Å². The summed E-state index contributed by atoms with van der Waals surface area (Å²) in [7, 11) is 1.50. The third-order valence-corrected chi connectivity index (χ3v) is 6.69. The lowest BCUT2D eigenvalue weighted by Crippen LogP contribution is -2.51. The van der Waals surface area contributed by atoms with Crippen LogP contribution in [0.15, 0.2) is 54.9 Å². The molecule has 0 unspecified atom stereocenters. The van der Waals surface area contributed by atoms with Crippen LogP contribution < -0.4 is 21.1 Å². The maximum absolute atomic E-state index is 13.4. The summed E-state index contributed by atoms with van der Waals surface area (Å²) in [6, 6.07) is 9.98. The van der Waals surface area contributed by atoms with Crippen LogP contribution in [0.4, 0.5) is 0 Å². The first-order valence-electron chi connectivity index (χ1n) is 12.1. The van der Waals surface area contributed by atoms with Crippen LogP contribution in [0, 0.1) is 6.92 Å². The molecule has 2 aliphatic rings. The number of Topliss-reactive ketones (excluding diaryl/α,β-unsaturated/α-hetero) is 1. The number of nitrogens with one attached hydrogen (secondary N) is 4. The number of ketones is 1. The van der Waals surface area contributed by atoms with E-state index in [9.17, 15) is 9.59 Å². The molecule has 5 heterocycles. The Morgan fingerprint density at radius 2 is 1.82 bits per heavy atom. The lowest BCUT2D eigenvalue weighted by molar-refractivity contribution is -0.127. The molecule has 3 aromatic heterocycles. The van der Waals surface area contributed by atoms with Crippen molar-refractivity contribution in [2.45, 2.75) is 6.92 Å². The number of methoxy groups -OCH3 is 1. The third-order valence-electron chi connectivity index (χ3n) is 6.69. The van der Waals surface area contributed by atoms with E-state index >= 15 is 0 Å². The monoisotopic (exact) mass is 514 g/mol. The maximum Gasteiger partial charge on any atom is 0.295 e. The predicted molar refractivity (Wildman–Crippen MR) is 138 cm³/mol. The lowest BCUT2D eigenvalue weighted by atomic mass is 10.1. The normalized spacial score (nSPS) is 15.5. The zero-order chi connectivity index (χ0) is 26.2. The molecule has 13 nitrogen and oxygen atoms in total. The van der Waals surface area contributed by atoms with Gasteiger partial charge in [0.1, 0.15) is 23.7 Å². The Kier molecular flexibility index (Phi) is 5.88. The molecule has 0 radical (unpaired) electrons. The molecule has 0 aliphatic carbocycles. The molecule has 0 saturated carbocycles. The summed E-state index contributed by atoms with van der Waals surface area (Å²) in [4.78, 5) is 42.1. The number of hydrogen-bond donors (Lipinski definition) is 4. The van der Waals surface area contributed by atoms with Gasteiger partial charge >= 0.3 is 0 Å². The molecule has 0 bridgehead atoms. The molecule has 6 rings (SSSR count). The Morgan fingerprint density at radius 1 is 1.03 bits per heavy atom. The number of piperazine rings is 1. The van der Waals surface area contributed by atoms with Gasteiger partial charge in [-0.05, 0) is 6.92 Å². The number of carbonyl (C=O) groups excluding carboxylic acids is 2. The lowest BCUT2D eigenvalue weighted by Gasteiger charge is -2.36. The molecule has 0 spiro atoms. The van der Waals surface area contributed by atoms with Gasteiger partial charge in [-0.2, -0.15) is 5.10 Å². The number of ether oxygens (including phenoxy) is 1. The van der Waals surface area contributed by atoms with Gasteiger partial charge in [-0.15, -0.1) is 5.53 Å². The van der Waals surface area contributed by atoms with Crippen molar-refractivity contribution in [2.24, 2.45) is 0 Å². The Balaban J connectivity index is 1.22. The fraction of sp³-hybridized carbons (Fsp3) is 0.240. The molecular weight excluding hydrogens is 488 g/mol. The van der Waals surface area contributed by atoms with Crippen molar-refractivity contribution in [3.8, 4) is 11.6 Å². The zero-order valence-corrected chi connectivity index (χ0v) is 20.9. The number of nitrogens with zero attached hydrogens (tertiary/aromatic N) is 6. The van der Waals surface area contributed by atoms with Gasteiger partial charge < -0.3 is 19.5 Å². The van der Waals surface area contributed by atoms with Gasteiger partial charge in [0.05, 0.1) is 35.5 Å². The number of aryl methyl sites for hydroxylation is 1. The van der Waals surface area contributed by atoms with Gasteiger partial charge in [0.15, 0.2) is 5.82 Å². The zero-order valence-electron chi connectivity index (χ0n) is 20.9. The highest BCUT2D eigenvalue weighted by Crippen LogP contribution is 2.32. The van der Waals surface area contributed by atoms with Gasteiger partial charge in [-0.25, -0.2) is 14.6 Å². The molecule has 4 aromatic rings. The second-order valence-corrected chi connectivity index (χ2v) is 8.91. The van der Waals surface area contributed by atoms with E-state index in [2.05, 4.69) is 41.3 Å². The van der Waals surface area contributed by atoms with E-state index in [0.29, 0.717) is 54.5 Å². The number of rotatable bonds is 6. The molecule has 1 fully saturated rings. The van der Waals surface area contributed by atoms with Crippen LogP contribution in [-0.4, -0.2) is 79.5 Å². The topological polar surface area (TPSA) is 145 Å². The summed E-state index contributed by atoms with van der Waals surface area (Å²) < 4.78 is 7.00. The van der Waals surface area contributed by atoms with Crippen LogP contribution in [0.3, 0.4) is 0 Å². The largest absolute Gasteiger partial charge is 0.494 e. The summed E-state index contributed by atoms with van der Waals surface area (Å²) in [6.45, 7) is 3.72. The second kappa shape index (κ2) is 9.52. The molecule has 4 N–H and O–H groups in total. The standard InChI is InChI=1S/C25H26N10O3/c1-15-28-14-35(31-15)23-21-19(18(38-2)13-27-23)17(12-26-21)22(36)25(37)34-10-8-33(9-11-34)24-20(29-32-30-24)16-6-4-3-5-7-16/h3-7,12-14,26,29-30,32H,8-11H2,1-2H3. The van der Waals surface area contributed by atoms with Crippen LogP contribution in [-0.2, 0) is 4.79 Å². The van der Waals surface area contributed by atoms with E-state index in [4.69, 9.17) is 4.74 Å². The number of carbonyl (C=O) groups is 2. The molecule has 1 aromatic carbocycles. The Hall–Kier alpha value is -4.91. The number of hydrazine groups is 2. The molecule has 13 heteroatoms. The summed E-state index contributed by atoms with van der Waals surface area (Å²) in [5.74, 6) is 1.15. The Labute approximate surface area is 217 Å². The smallest absolute Gasteiger partial charge is 0.295 e. The molecule has 1 amide bonds. The SMILES string of the molecule is COc1cnc(-n2cnc(C)n2)c2[nH]cc(C(=O)C(=O)N3CCN(C4=C(c5ccccc5)NNN4)CC3)c12. The van der Waals surface area contributed by atoms with Crippen LogP contribution >= 0.6 is 0 Å². The van der Waals surface area contributed by atoms with Crippen molar-refractivity contribution in [1.29, 1.82) is 0 Å². The first kappa shape index (κ1) is 23.5. The van der Waals surface area contributed by atoms with E-state index in [1.54, 1.807) is 18.2 Å². The summed E-state index contributed by atoms with van der Waals surface area (Å²) in [5, 5.41) is 4.79. The first-order chi connectivity index (χ1) is 18.5. The Bertz CT molecular complexity index is 1550. The number of aromatic amines is 1. The second-order valence-electron chi connectivity index (χ2n) is 8.91. The molecular formula is C25H26N10O3. The number of amides is 1.